The van der Waals surface area contributed by atoms with Gasteiger partial charge in [-0.2, -0.15) is 0 Å². The third kappa shape index (κ3) is 35.3. The highest BCUT2D eigenvalue weighted by Crippen LogP contribution is 2.43. The van der Waals surface area contributed by atoms with Gasteiger partial charge in [-0.15, -0.1) is 0 Å². The van der Waals surface area contributed by atoms with Crippen molar-refractivity contribution in [3.05, 3.63) is 60.8 Å². The molecule has 0 saturated carbocycles. The lowest BCUT2D eigenvalue weighted by Gasteiger charge is -2.19. The minimum Gasteiger partial charge on any atom is -0.462 e. The molecular formula is C39H68NO8P. The van der Waals surface area contributed by atoms with Crippen LogP contribution in [0.2, 0.25) is 0 Å². The van der Waals surface area contributed by atoms with Gasteiger partial charge in [-0.1, -0.05) is 120 Å². The van der Waals surface area contributed by atoms with E-state index < -0.39 is 32.5 Å². The zero-order valence-electron chi connectivity index (χ0n) is 30.7. The molecule has 282 valence electrons. The fraction of sp³-hybridized carbons (Fsp3) is 0.692. The van der Waals surface area contributed by atoms with Crippen molar-refractivity contribution in [1.29, 1.82) is 0 Å². The Kier molecular flexibility index (Phi) is 33.9. The van der Waals surface area contributed by atoms with Crippen LogP contribution in [0.1, 0.15) is 142 Å². The predicted octanol–water partition coefficient (Wildman–Crippen LogP) is 10.2. The Hall–Kier alpha value is -2.29. The van der Waals surface area contributed by atoms with E-state index in [1.54, 1.807) is 0 Å². The molecule has 0 saturated heterocycles. The topological polar surface area (TPSA) is 134 Å². The summed E-state index contributed by atoms with van der Waals surface area (Å²) in [4.78, 5) is 34.6. The van der Waals surface area contributed by atoms with E-state index in [-0.39, 0.29) is 32.6 Å². The molecule has 0 radical (unpaired) electrons. The standard InChI is InChI=1S/C39H68NO8P/c1-3-5-7-9-11-13-15-16-17-18-19-20-22-23-25-27-29-31-38(41)45-35-37(36-47-49(43,44)46-34-33-40)48-39(42)32-30-28-26-24-21-14-12-10-8-6-4-2/h10-13,16-17,19-20,23,25,37H,3-9,14-15,18,21-22,24,26-36,40H2,1-2H3,(H,43,44)/t37-/m1/s1. The van der Waals surface area contributed by atoms with E-state index in [1.807, 2.05) is 6.08 Å². The fourth-order valence-corrected chi connectivity index (χ4v) is 5.31. The lowest BCUT2D eigenvalue weighted by molar-refractivity contribution is -0.161. The van der Waals surface area contributed by atoms with Crippen LogP contribution in [0.3, 0.4) is 0 Å². The lowest BCUT2D eigenvalue weighted by atomic mass is 10.1. The quantitative estimate of drug-likeness (QED) is 0.0290. The molecule has 49 heavy (non-hydrogen) atoms. The Morgan fingerprint density at radius 2 is 1.10 bits per heavy atom. The monoisotopic (exact) mass is 709 g/mol. The van der Waals surface area contributed by atoms with Gasteiger partial charge in [-0.05, 0) is 70.6 Å². The first-order chi connectivity index (χ1) is 23.8. The average Bonchev–Trinajstić information content (AvgIpc) is 3.08. The first-order valence-corrected chi connectivity index (χ1v) is 20.3. The lowest BCUT2D eigenvalue weighted by Crippen LogP contribution is -2.29. The number of ether oxygens (including phenoxy) is 2. The minimum absolute atomic E-state index is 0.0423. The van der Waals surface area contributed by atoms with Crippen molar-refractivity contribution in [3.8, 4) is 0 Å². The summed E-state index contributed by atoms with van der Waals surface area (Å²) in [7, 11) is -4.38. The largest absolute Gasteiger partial charge is 0.472 e. The third-order valence-corrected chi connectivity index (χ3v) is 8.36. The molecule has 0 aromatic carbocycles. The predicted molar refractivity (Wildman–Crippen MR) is 201 cm³/mol. The van der Waals surface area contributed by atoms with Gasteiger partial charge < -0.3 is 20.1 Å². The van der Waals surface area contributed by atoms with Gasteiger partial charge in [0.25, 0.3) is 0 Å². The van der Waals surface area contributed by atoms with Crippen molar-refractivity contribution in [2.24, 2.45) is 5.73 Å². The van der Waals surface area contributed by atoms with E-state index in [0.29, 0.717) is 12.8 Å². The summed E-state index contributed by atoms with van der Waals surface area (Å²) in [5, 5.41) is 0. The molecule has 0 aliphatic heterocycles. The summed E-state index contributed by atoms with van der Waals surface area (Å²) in [5.74, 6) is -0.914. The molecule has 0 fully saturated rings. The number of nitrogens with two attached hydrogens (primary N) is 1. The van der Waals surface area contributed by atoms with E-state index >= 15 is 0 Å². The number of phosphoric ester groups is 1. The second-order valence-corrected chi connectivity index (χ2v) is 13.5. The molecule has 0 amide bonds. The number of hydrogen-bond acceptors (Lipinski definition) is 8. The van der Waals surface area contributed by atoms with Crippen molar-refractivity contribution in [1.82, 2.24) is 0 Å². The molecule has 0 aliphatic rings. The molecule has 0 aliphatic carbocycles. The van der Waals surface area contributed by atoms with Crippen LogP contribution in [-0.4, -0.2) is 49.3 Å². The van der Waals surface area contributed by atoms with Crippen LogP contribution >= 0.6 is 7.82 Å². The Morgan fingerprint density at radius 1 is 0.612 bits per heavy atom. The van der Waals surface area contributed by atoms with E-state index in [2.05, 4.69) is 68.5 Å². The Morgan fingerprint density at radius 3 is 1.71 bits per heavy atom. The zero-order valence-corrected chi connectivity index (χ0v) is 31.5. The smallest absolute Gasteiger partial charge is 0.462 e. The van der Waals surface area contributed by atoms with Gasteiger partial charge in [-0.25, -0.2) is 4.57 Å². The maximum absolute atomic E-state index is 12.5. The van der Waals surface area contributed by atoms with Crippen molar-refractivity contribution in [2.75, 3.05) is 26.4 Å². The number of rotatable bonds is 34. The van der Waals surface area contributed by atoms with E-state index in [1.165, 1.54) is 38.5 Å². The first kappa shape index (κ1) is 46.7. The molecule has 0 heterocycles. The Balaban J connectivity index is 4.34. The van der Waals surface area contributed by atoms with Crippen LogP contribution in [0.5, 0.6) is 0 Å². The fourth-order valence-electron chi connectivity index (χ4n) is 4.55. The number of carbonyl (C=O) groups is 2. The molecule has 10 heteroatoms. The van der Waals surface area contributed by atoms with Gasteiger partial charge in [0, 0.05) is 19.4 Å². The molecule has 2 atom stereocenters. The van der Waals surface area contributed by atoms with Gasteiger partial charge in [0.05, 0.1) is 13.2 Å². The number of carbonyl (C=O) groups excluding carboxylic acids is 2. The van der Waals surface area contributed by atoms with Crippen molar-refractivity contribution >= 4 is 19.8 Å². The van der Waals surface area contributed by atoms with Crippen LogP contribution in [0, 0.1) is 0 Å². The van der Waals surface area contributed by atoms with E-state index in [4.69, 9.17) is 24.3 Å². The van der Waals surface area contributed by atoms with Crippen LogP contribution in [0.25, 0.3) is 0 Å². The number of allylic oxidation sites excluding steroid dienone is 10. The van der Waals surface area contributed by atoms with Gasteiger partial charge in [0.15, 0.2) is 6.10 Å². The number of hydrogen-bond donors (Lipinski definition) is 2. The molecule has 0 aromatic heterocycles. The van der Waals surface area contributed by atoms with Gasteiger partial charge in [0.2, 0.25) is 0 Å². The summed E-state index contributed by atoms with van der Waals surface area (Å²) >= 11 is 0. The zero-order chi connectivity index (χ0) is 36.1. The maximum Gasteiger partial charge on any atom is 0.472 e. The second-order valence-electron chi connectivity index (χ2n) is 12.1. The summed E-state index contributed by atoms with van der Waals surface area (Å²) in [5.41, 5.74) is 5.32. The Labute approximate surface area is 298 Å². The van der Waals surface area contributed by atoms with Crippen molar-refractivity contribution in [2.45, 2.75) is 148 Å². The number of unbranched alkanes of at least 4 members (excludes halogenated alkanes) is 11. The highest BCUT2D eigenvalue weighted by atomic mass is 31.2. The summed E-state index contributed by atoms with van der Waals surface area (Å²) in [6, 6.07) is 0. The van der Waals surface area contributed by atoms with E-state index in [9.17, 15) is 19.0 Å². The van der Waals surface area contributed by atoms with Crippen LogP contribution in [0.15, 0.2) is 60.8 Å². The third-order valence-electron chi connectivity index (χ3n) is 7.38. The first-order valence-electron chi connectivity index (χ1n) is 18.8. The number of esters is 2. The molecule has 1 unspecified atom stereocenters. The number of phosphoric acid groups is 1. The highest BCUT2D eigenvalue weighted by Gasteiger charge is 2.25. The van der Waals surface area contributed by atoms with Gasteiger partial charge in [0.1, 0.15) is 6.61 Å². The molecule has 9 nitrogen and oxygen atoms in total. The SMILES string of the molecule is CCCCC=CCCCCCCCC(=O)O[C@H](COC(=O)CCCC=CCC=CCC=CCC=CCCCCC)COP(=O)(O)OCCN. The summed E-state index contributed by atoms with van der Waals surface area (Å²) < 4.78 is 32.5. The van der Waals surface area contributed by atoms with Crippen LogP contribution < -0.4 is 5.73 Å². The highest BCUT2D eigenvalue weighted by molar-refractivity contribution is 7.47. The summed E-state index contributed by atoms with van der Waals surface area (Å²) in [6.07, 6.45) is 39.7. The normalized spacial score (nSPS) is 14.1. The van der Waals surface area contributed by atoms with Gasteiger partial charge >= 0.3 is 19.8 Å². The van der Waals surface area contributed by atoms with E-state index in [0.717, 1.165) is 64.2 Å². The molecule has 0 aromatic rings. The average molecular weight is 710 g/mol. The van der Waals surface area contributed by atoms with Crippen molar-refractivity contribution in [3.63, 3.8) is 0 Å². The molecule has 0 spiro atoms. The maximum atomic E-state index is 12.5. The molecule has 0 rings (SSSR count). The minimum atomic E-state index is -4.38. The van der Waals surface area contributed by atoms with Crippen LogP contribution in [-0.2, 0) is 32.7 Å². The van der Waals surface area contributed by atoms with Crippen molar-refractivity contribution < 1.29 is 37.6 Å². The molecular weight excluding hydrogens is 641 g/mol. The van der Waals surface area contributed by atoms with Gasteiger partial charge in [-0.3, -0.25) is 18.6 Å². The molecule has 0 bridgehead atoms. The Bertz CT molecular complexity index is 992. The molecule has 3 N–H and O–H groups in total. The van der Waals surface area contributed by atoms with Crippen LogP contribution in [0.4, 0.5) is 0 Å². The second kappa shape index (κ2) is 35.5. The summed E-state index contributed by atoms with van der Waals surface area (Å²) in [6.45, 7) is 3.56.